The van der Waals surface area contributed by atoms with Crippen LogP contribution in [0, 0.1) is 0 Å². The van der Waals surface area contributed by atoms with E-state index in [0.717, 1.165) is 38.7 Å². The normalized spacial score (nSPS) is 13.2. The zero-order valence-electron chi connectivity index (χ0n) is 34.7. The highest BCUT2D eigenvalue weighted by atomic mass is 14.9. The van der Waals surface area contributed by atoms with Crippen LogP contribution in [0.5, 0.6) is 0 Å². The molecule has 0 aliphatic heterocycles. The first-order chi connectivity index (χ1) is 31.2. The SMILES string of the molecule is NC(=N/C(=C\Cc1ccc(-c2cccnc2)cc1)c1ccc(-c2cccc3c2C(c2ccccc2)(c2ccccc2)c2c-3ccc3ccccc23)c2ccccc12)c1ccccc1. The summed E-state index contributed by atoms with van der Waals surface area (Å²) in [6, 6.07) is 78.7. The first-order valence-corrected chi connectivity index (χ1v) is 21.6. The topological polar surface area (TPSA) is 51.3 Å². The van der Waals surface area contributed by atoms with E-state index in [0.29, 0.717) is 12.3 Å². The highest BCUT2D eigenvalue weighted by Gasteiger charge is 2.48. The number of benzene rings is 9. The Hall–Kier alpha value is -8.14. The number of hydrogen-bond donors (Lipinski definition) is 1. The summed E-state index contributed by atoms with van der Waals surface area (Å²) < 4.78 is 0. The van der Waals surface area contributed by atoms with Crippen LogP contribution in [0.25, 0.3) is 60.6 Å². The van der Waals surface area contributed by atoms with Gasteiger partial charge in [-0.1, -0.05) is 218 Å². The van der Waals surface area contributed by atoms with Crippen LogP contribution in [0.2, 0.25) is 0 Å². The van der Waals surface area contributed by atoms with Gasteiger partial charge in [-0.25, -0.2) is 4.99 Å². The van der Waals surface area contributed by atoms with Crippen molar-refractivity contribution in [2.45, 2.75) is 11.8 Å². The van der Waals surface area contributed by atoms with Gasteiger partial charge >= 0.3 is 0 Å². The zero-order chi connectivity index (χ0) is 42.2. The maximum atomic E-state index is 6.84. The minimum absolute atomic E-state index is 0.475. The number of nitrogens with two attached hydrogens (primary N) is 1. The molecule has 0 fully saturated rings. The number of nitrogens with zero attached hydrogens (tertiary/aromatic N) is 2. The Balaban J connectivity index is 1.12. The summed E-state index contributed by atoms with van der Waals surface area (Å²) in [6.45, 7) is 0. The summed E-state index contributed by atoms with van der Waals surface area (Å²) in [5, 5.41) is 4.76. The number of hydrogen-bond acceptors (Lipinski definition) is 2. The number of fused-ring (bicyclic) bond motifs is 6. The third-order valence-corrected chi connectivity index (χ3v) is 12.7. The molecule has 1 aliphatic carbocycles. The largest absolute Gasteiger partial charge is 0.383 e. The smallest absolute Gasteiger partial charge is 0.131 e. The van der Waals surface area contributed by atoms with E-state index in [1.807, 2.05) is 42.6 Å². The van der Waals surface area contributed by atoms with E-state index in [1.165, 1.54) is 60.8 Å². The van der Waals surface area contributed by atoms with E-state index in [1.54, 1.807) is 6.20 Å². The molecule has 1 heterocycles. The summed E-state index contributed by atoms with van der Waals surface area (Å²) in [5.41, 5.74) is 22.4. The second-order valence-electron chi connectivity index (χ2n) is 16.2. The van der Waals surface area contributed by atoms with Crippen molar-refractivity contribution < 1.29 is 0 Å². The van der Waals surface area contributed by atoms with Crippen LogP contribution in [0.1, 0.15) is 38.9 Å². The van der Waals surface area contributed by atoms with Gasteiger partial charge < -0.3 is 5.73 Å². The predicted molar refractivity (Wildman–Crippen MR) is 263 cm³/mol. The van der Waals surface area contributed by atoms with Gasteiger partial charge in [-0.2, -0.15) is 0 Å². The molecular weight excluding hydrogens is 763 g/mol. The number of amidine groups is 1. The highest BCUT2D eigenvalue weighted by Crippen LogP contribution is 2.60. The van der Waals surface area contributed by atoms with Gasteiger partial charge in [-0.3, -0.25) is 4.98 Å². The lowest BCUT2D eigenvalue weighted by Crippen LogP contribution is -2.29. The fourth-order valence-electron chi connectivity index (χ4n) is 9.91. The molecule has 1 aromatic heterocycles. The quantitative estimate of drug-likeness (QED) is 0.117. The van der Waals surface area contributed by atoms with Crippen LogP contribution in [0.4, 0.5) is 0 Å². The Labute approximate surface area is 368 Å². The van der Waals surface area contributed by atoms with Crippen LogP contribution in [-0.4, -0.2) is 10.8 Å². The van der Waals surface area contributed by atoms with Crippen molar-refractivity contribution in [3.05, 3.63) is 276 Å². The highest BCUT2D eigenvalue weighted by molar-refractivity contribution is 6.09. The first kappa shape index (κ1) is 37.8. The Morgan fingerprint density at radius 2 is 1.08 bits per heavy atom. The van der Waals surface area contributed by atoms with Gasteiger partial charge in [0, 0.05) is 23.5 Å². The van der Waals surface area contributed by atoms with Crippen molar-refractivity contribution in [3.63, 3.8) is 0 Å². The molecule has 0 bridgehead atoms. The summed E-state index contributed by atoms with van der Waals surface area (Å²) in [4.78, 5) is 9.53. The molecule has 63 heavy (non-hydrogen) atoms. The molecule has 0 saturated heterocycles. The number of allylic oxidation sites excluding steroid dienone is 1. The van der Waals surface area contributed by atoms with Gasteiger partial charge in [0.15, 0.2) is 0 Å². The molecule has 11 rings (SSSR count). The number of pyridine rings is 1. The van der Waals surface area contributed by atoms with Crippen molar-refractivity contribution in [1.82, 2.24) is 4.98 Å². The predicted octanol–water partition coefficient (Wildman–Crippen LogP) is 14.1. The van der Waals surface area contributed by atoms with Gasteiger partial charge in [-0.15, -0.1) is 0 Å². The molecule has 10 aromatic rings. The maximum Gasteiger partial charge on any atom is 0.131 e. The summed E-state index contributed by atoms with van der Waals surface area (Å²) >= 11 is 0. The molecule has 0 spiro atoms. The molecule has 298 valence electrons. The van der Waals surface area contributed by atoms with Crippen molar-refractivity contribution in [2.24, 2.45) is 10.7 Å². The third-order valence-electron chi connectivity index (χ3n) is 12.7. The molecule has 2 N–H and O–H groups in total. The van der Waals surface area contributed by atoms with Gasteiger partial charge in [0.25, 0.3) is 0 Å². The summed E-state index contributed by atoms with van der Waals surface area (Å²) in [7, 11) is 0. The Kier molecular flexibility index (Phi) is 9.63. The van der Waals surface area contributed by atoms with Gasteiger partial charge in [-0.05, 0) is 95.2 Å². The molecule has 9 aromatic carbocycles. The minimum Gasteiger partial charge on any atom is -0.383 e. The van der Waals surface area contributed by atoms with Crippen LogP contribution in [0.15, 0.2) is 242 Å². The van der Waals surface area contributed by atoms with Crippen molar-refractivity contribution in [3.8, 4) is 33.4 Å². The minimum atomic E-state index is -0.601. The molecule has 0 radical (unpaired) electrons. The van der Waals surface area contributed by atoms with Crippen LogP contribution >= 0.6 is 0 Å². The van der Waals surface area contributed by atoms with E-state index in [9.17, 15) is 0 Å². The molecule has 0 atom stereocenters. The first-order valence-electron chi connectivity index (χ1n) is 21.6. The van der Waals surface area contributed by atoms with E-state index in [2.05, 4.69) is 193 Å². The van der Waals surface area contributed by atoms with Crippen LogP contribution in [-0.2, 0) is 11.8 Å². The standard InChI is InChI=1S/C60H43N3/c61-59(44-17-4-1-5-18-44)63-56(38-31-41-29-32-42(33-30-41)45-19-15-39-62-40-45)52-37-36-51(49-25-12-13-26-50(49)52)53-27-14-28-54-55-35-34-43-16-10-11-24-48(43)57(55)60(58(53)54,46-20-6-2-7-21-46)47-22-8-3-9-23-47/h1-30,32-40H,31H2,(H2,61,63)/b56-38-. The lowest BCUT2D eigenvalue weighted by molar-refractivity contribution is 0.777. The molecule has 0 saturated carbocycles. The van der Waals surface area contributed by atoms with Crippen molar-refractivity contribution >= 4 is 33.1 Å². The Morgan fingerprint density at radius 3 is 1.78 bits per heavy atom. The summed E-state index contributed by atoms with van der Waals surface area (Å²) in [5.74, 6) is 0.475. The Morgan fingerprint density at radius 1 is 0.476 bits per heavy atom. The van der Waals surface area contributed by atoms with Gasteiger partial charge in [0.05, 0.1) is 11.1 Å². The van der Waals surface area contributed by atoms with Crippen LogP contribution in [0.3, 0.4) is 0 Å². The van der Waals surface area contributed by atoms with E-state index < -0.39 is 5.41 Å². The molecule has 1 aliphatic rings. The number of aliphatic imine (C=N–C) groups is 1. The zero-order valence-corrected chi connectivity index (χ0v) is 34.7. The third kappa shape index (κ3) is 6.54. The van der Waals surface area contributed by atoms with Crippen molar-refractivity contribution in [1.29, 1.82) is 0 Å². The lowest BCUT2D eigenvalue weighted by Gasteiger charge is -2.36. The number of rotatable bonds is 9. The lowest BCUT2D eigenvalue weighted by atomic mass is 9.65. The van der Waals surface area contributed by atoms with E-state index in [4.69, 9.17) is 10.7 Å². The molecule has 0 amide bonds. The second kappa shape index (κ2) is 16.0. The molecule has 3 nitrogen and oxygen atoms in total. The average molecular weight is 806 g/mol. The number of aromatic nitrogens is 1. The second-order valence-corrected chi connectivity index (χ2v) is 16.2. The Bertz CT molecular complexity index is 3300. The average Bonchev–Trinajstić information content (AvgIpc) is 3.68. The van der Waals surface area contributed by atoms with Crippen LogP contribution < -0.4 is 5.73 Å². The fraction of sp³-hybridized carbons (Fsp3) is 0.0333. The monoisotopic (exact) mass is 805 g/mol. The fourth-order valence-corrected chi connectivity index (χ4v) is 9.91. The van der Waals surface area contributed by atoms with Crippen molar-refractivity contribution in [2.75, 3.05) is 0 Å². The molecular formula is C60H43N3. The summed E-state index contributed by atoms with van der Waals surface area (Å²) in [6.07, 6.45) is 6.60. The van der Waals surface area contributed by atoms with E-state index in [-0.39, 0.29) is 0 Å². The van der Waals surface area contributed by atoms with Gasteiger partial charge in [0.2, 0.25) is 0 Å². The maximum absolute atomic E-state index is 6.84. The van der Waals surface area contributed by atoms with E-state index >= 15 is 0 Å². The van der Waals surface area contributed by atoms with Gasteiger partial charge in [0.1, 0.15) is 5.84 Å². The molecule has 3 heteroatoms. The molecule has 0 unspecified atom stereocenters.